The molecule has 4 rings (SSSR count). The molecule has 1 aliphatic rings. The Bertz CT molecular complexity index is 1470. The van der Waals surface area contributed by atoms with Crippen LogP contribution in [0.2, 0.25) is 0 Å². The summed E-state index contributed by atoms with van der Waals surface area (Å²) >= 11 is 0. The fraction of sp³-hybridized carbons (Fsp3) is 0.400. The Morgan fingerprint density at radius 2 is 1.74 bits per heavy atom. The van der Waals surface area contributed by atoms with Gasteiger partial charge in [0.05, 0.1) is 17.7 Å². The van der Waals surface area contributed by atoms with E-state index in [1.165, 1.54) is 4.31 Å². The maximum Gasteiger partial charge on any atom is 0.265 e. The van der Waals surface area contributed by atoms with Crippen molar-refractivity contribution in [2.45, 2.75) is 70.0 Å². The van der Waals surface area contributed by atoms with Gasteiger partial charge >= 0.3 is 0 Å². The predicted molar refractivity (Wildman–Crippen MR) is 153 cm³/mol. The zero-order chi connectivity index (χ0) is 28.4. The number of anilines is 1. The van der Waals surface area contributed by atoms with Crippen molar-refractivity contribution in [3.05, 3.63) is 66.2 Å². The molecule has 2 amide bonds. The lowest BCUT2D eigenvalue weighted by atomic mass is 10.0. The molecule has 208 valence electrons. The molecule has 0 unspecified atom stereocenters. The third kappa shape index (κ3) is 6.03. The van der Waals surface area contributed by atoms with Crippen molar-refractivity contribution >= 4 is 38.3 Å². The van der Waals surface area contributed by atoms with E-state index in [1.807, 2.05) is 70.2 Å². The third-order valence-corrected chi connectivity index (χ3v) is 8.66. The van der Waals surface area contributed by atoms with Crippen molar-refractivity contribution in [1.82, 2.24) is 10.2 Å². The van der Waals surface area contributed by atoms with Gasteiger partial charge in [-0.3, -0.25) is 13.9 Å². The second-order valence-corrected chi connectivity index (χ2v) is 12.7. The number of ether oxygens (including phenoxy) is 1. The van der Waals surface area contributed by atoms with Crippen LogP contribution < -0.4 is 14.4 Å². The Labute approximate surface area is 231 Å². The highest BCUT2D eigenvalue weighted by atomic mass is 32.2. The molecule has 0 aromatic heterocycles. The number of hydrogen-bond acceptors (Lipinski definition) is 5. The first-order valence-electron chi connectivity index (χ1n) is 13.2. The first-order chi connectivity index (χ1) is 18.5. The fourth-order valence-corrected chi connectivity index (χ4v) is 6.81. The normalized spacial score (nSPS) is 14.7. The summed E-state index contributed by atoms with van der Waals surface area (Å²) in [6, 6.07) is 17.6. The van der Waals surface area contributed by atoms with Crippen LogP contribution in [0.3, 0.4) is 0 Å². The molecule has 0 bridgehead atoms. The number of hydrogen-bond donors (Lipinski definition) is 1. The van der Waals surface area contributed by atoms with Gasteiger partial charge in [-0.1, -0.05) is 43.3 Å². The lowest BCUT2D eigenvalue weighted by Crippen LogP contribution is -2.53. The molecule has 39 heavy (non-hydrogen) atoms. The monoisotopic (exact) mass is 551 g/mol. The van der Waals surface area contributed by atoms with Crippen molar-refractivity contribution in [2.75, 3.05) is 18.0 Å². The lowest BCUT2D eigenvalue weighted by Gasteiger charge is -2.33. The van der Waals surface area contributed by atoms with E-state index < -0.39 is 21.6 Å². The van der Waals surface area contributed by atoms with E-state index in [-0.39, 0.29) is 31.3 Å². The number of methoxy groups -OCH3 is 1. The molecular weight excluding hydrogens is 514 g/mol. The van der Waals surface area contributed by atoms with Crippen LogP contribution in [0.4, 0.5) is 5.69 Å². The maximum atomic E-state index is 13.7. The van der Waals surface area contributed by atoms with Crippen LogP contribution in [0, 0.1) is 0 Å². The van der Waals surface area contributed by atoms with Crippen LogP contribution >= 0.6 is 0 Å². The lowest BCUT2D eigenvalue weighted by molar-refractivity contribution is -0.142. The summed E-state index contributed by atoms with van der Waals surface area (Å²) in [5.41, 5.74) is 1.03. The van der Waals surface area contributed by atoms with Crippen molar-refractivity contribution in [3.8, 4) is 5.75 Å². The molecule has 0 aliphatic carbocycles. The van der Waals surface area contributed by atoms with Crippen molar-refractivity contribution in [2.24, 2.45) is 0 Å². The number of rotatable bonds is 10. The second kappa shape index (κ2) is 11.3. The number of nitrogens with one attached hydrogen (secondary N) is 1. The third-order valence-electron chi connectivity index (χ3n) is 6.80. The Morgan fingerprint density at radius 1 is 1.05 bits per heavy atom. The number of carbonyl (C=O) groups is 2. The molecule has 9 heteroatoms. The largest absolute Gasteiger partial charge is 0.497 e. The van der Waals surface area contributed by atoms with Gasteiger partial charge in [-0.15, -0.1) is 0 Å². The van der Waals surface area contributed by atoms with Crippen LogP contribution in [-0.2, 0) is 26.2 Å². The molecule has 1 aliphatic heterocycles. The molecular formula is C30H37N3O5S. The van der Waals surface area contributed by atoms with E-state index in [4.69, 9.17) is 4.74 Å². The van der Waals surface area contributed by atoms with Gasteiger partial charge < -0.3 is 15.0 Å². The highest BCUT2D eigenvalue weighted by molar-refractivity contribution is 7.93. The molecule has 0 saturated carbocycles. The van der Waals surface area contributed by atoms with E-state index in [1.54, 1.807) is 30.2 Å². The average molecular weight is 552 g/mol. The van der Waals surface area contributed by atoms with E-state index in [2.05, 4.69) is 5.32 Å². The minimum absolute atomic E-state index is 0.0988. The van der Waals surface area contributed by atoms with Gasteiger partial charge in [-0.05, 0) is 68.8 Å². The summed E-state index contributed by atoms with van der Waals surface area (Å²) in [5.74, 6) is 0.242. The highest BCUT2D eigenvalue weighted by Crippen LogP contribution is 2.42. The molecule has 1 heterocycles. The minimum atomic E-state index is -3.70. The number of amides is 2. The zero-order valence-electron chi connectivity index (χ0n) is 23.2. The molecule has 0 saturated heterocycles. The van der Waals surface area contributed by atoms with Gasteiger partial charge in [-0.25, -0.2) is 8.42 Å². The minimum Gasteiger partial charge on any atom is -0.497 e. The number of sulfonamides is 1. The summed E-state index contributed by atoms with van der Waals surface area (Å²) in [6.45, 7) is 7.99. The summed E-state index contributed by atoms with van der Waals surface area (Å²) in [5, 5.41) is 4.59. The molecule has 0 radical (unpaired) electrons. The van der Waals surface area contributed by atoms with E-state index >= 15 is 0 Å². The van der Waals surface area contributed by atoms with E-state index in [0.717, 1.165) is 16.3 Å². The summed E-state index contributed by atoms with van der Waals surface area (Å²) < 4.78 is 33.4. The predicted octanol–water partition coefficient (Wildman–Crippen LogP) is 4.86. The van der Waals surface area contributed by atoms with Crippen molar-refractivity contribution in [1.29, 1.82) is 0 Å². The van der Waals surface area contributed by atoms with Crippen molar-refractivity contribution in [3.63, 3.8) is 0 Å². The number of nitrogens with zero attached hydrogens (tertiary/aromatic N) is 2. The fourth-order valence-electron chi connectivity index (χ4n) is 5.06. The van der Waals surface area contributed by atoms with Gasteiger partial charge in [0.1, 0.15) is 11.8 Å². The Kier molecular flexibility index (Phi) is 8.20. The summed E-state index contributed by atoms with van der Waals surface area (Å²) in [4.78, 5) is 28.8. The van der Waals surface area contributed by atoms with Gasteiger partial charge in [0.25, 0.3) is 10.0 Å². The molecule has 3 aromatic carbocycles. The Morgan fingerprint density at radius 3 is 2.41 bits per heavy atom. The van der Waals surface area contributed by atoms with Crippen LogP contribution in [-0.4, -0.2) is 50.4 Å². The molecule has 1 atom stereocenters. The number of carbonyl (C=O) groups excluding carboxylic acids is 2. The molecule has 0 spiro atoms. The standard InChI is InChI=1S/C30H37N3O5S/c1-6-24(29(35)31-30(2,3)4)32(20-21-11-7-14-23(19-21)38-5)27(34)17-10-18-33-25-15-8-12-22-13-9-16-26(28(22)25)39(33,36)37/h7-9,11-16,19,24H,6,10,17-18,20H2,1-5H3,(H,31,35)/t24-/m0/s1. The smallest absolute Gasteiger partial charge is 0.265 e. The van der Waals surface area contributed by atoms with E-state index in [9.17, 15) is 18.0 Å². The Balaban J connectivity index is 1.54. The first-order valence-corrected chi connectivity index (χ1v) is 14.7. The second-order valence-electron chi connectivity index (χ2n) is 10.8. The topological polar surface area (TPSA) is 96.0 Å². The van der Waals surface area contributed by atoms with Gasteiger partial charge in [0.15, 0.2) is 0 Å². The first kappa shape index (κ1) is 28.4. The molecule has 0 fully saturated rings. The van der Waals surface area contributed by atoms with Crippen LogP contribution in [0.25, 0.3) is 10.8 Å². The Hall–Kier alpha value is -3.59. The molecule has 1 N–H and O–H groups in total. The van der Waals surface area contributed by atoms with E-state index in [0.29, 0.717) is 29.2 Å². The van der Waals surface area contributed by atoms with Gasteiger partial charge in [-0.2, -0.15) is 0 Å². The summed E-state index contributed by atoms with van der Waals surface area (Å²) in [7, 11) is -2.12. The van der Waals surface area contributed by atoms with Gasteiger partial charge in [0.2, 0.25) is 11.8 Å². The average Bonchev–Trinajstić information content (AvgIpc) is 3.10. The van der Waals surface area contributed by atoms with Crippen molar-refractivity contribution < 1.29 is 22.7 Å². The maximum absolute atomic E-state index is 13.7. The quantitative estimate of drug-likeness (QED) is 0.388. The summed E-state index contributed by atoms with van der Waals surface area (Å²) in [6.07, 6.45) is 0.853. The molecule has 8 nitrogen and oxygen atoms in total. The van der Waals surface area contributed by atoms with Crippen LogP contribution in [0.5, 0.6) is 5.75 Å². The van der Waals surface area contributed by atoms with Crippen LogP contribution in [0.15, 0.2) is 65.6 Å². The number of benzene rings is 3. The van der Waals surface area contributed by atoms with Gasteiger partial charge in [0, 0.05) is 30.4 Å². The zero-order valence-corrected chi connectivity index (χ0v) is 24.0. The SMILES string of the molecule is CC[C@@H](C(=O)NC(C)(C)C)N(Cc1cccc(OC)c1)C(=O)CCCN1c2cccc3cccc(c23)S1(=O)=O. The highest BCUT2D eigenvalue weighted by Gasteiger charge is 2.36. The molecule has 3 aromatic rings. The van der Waals surface area contributed by atoms with Crippen LogP contribution in [0.1, 0.15) is 52.5 Å².